The Labute approximate surface area is 103 Å². The molecule has 0 saturated carbocycles. The van der Waals surface area contributed by atoms with Crippen molar-refractivity contribution in [2.45, 2.75) is 25.9 Å². The summed E-state index contributed by atoms with van der Waals surface area (Å²) < 4.78 is 7.00. The van der Waals surface area contributed by atoms with Crippen LogP contribution in [0.3, 0.4) is 0 Å². The van der Waals surface area contributed by atoms with Crippen LogP contribution >= 0.6 is 0 Å². The molecule has 1 atom stereocenters. The van der Waals surface area contributed by atoms with Gasteiger partial charge in [0.15, 0.2) is 0 Å². The van der Waals surface area contributed by atoms with Crippen molar-refractivity contribution in [2.75, 3.05) is 38.3 Å². The lowest BCUT2D eigenvalue weighted by Crippen LogP contribution is -2.35. The van der Waals surface area contributed by atoms with Gasteiger partial charge < -0.3 is 15.0 Å². The van der Waals surface area contributed by atoms with Gasteiger partial charge in [-0.25, -0.2) is 0 Å². The molecule has 2 heterocycles. The zero-order valence-corrected chi connectivity index (χ0v) is 10.7. The minimum Gasteiger partial charge on any atom is -0.383 e. The summed E-state index contributed by atoms with van der Waals surface area (Å²) >= 11 is 0. The van der Waals surface area contributed by atoms with Crippen molar-refractivity contribution in [1.82, 2.24) is 15.1 Å². The van der Waals surface area contributed by atoms with Gasteiger partial charge in [0.05, 0.1) is 25.0 Å². The highest BCUT2D eigenvalue weighted by Gasteiger charge is 2.15. The SMILES string of the molecule is COCCn1cc(N2CCCNC(C)C2)cn1. The predicted molar refractivity (Wildman–Crippen MR) is 68.4 cm³/mol. The van der Waals surface area contributed by atoms with Crippen LogP contribution in [-0.2, 0) is 11.3 Å². The molecule has 0 aliphatic carbocycles. The third-order valence-corrected chi connectivity index (χ3v) is 3.10. The second-order valence-electron chi connectivity index (χ2n) is 4.61. The van der Waals surface area contributed by atoms with E-state index in [1.54, 1.807) is 7.11 Å². The van der Waals surface area contributed by atoms with Gasteiger partial charge in [-0.15, -0.1) is 0 Å². The summed E-state index contributed by atoms with van der Waals surface area (Å²) in [6.07, 6.45) is 5.25. The summed E-state index contributed by atoms with van der Waals surface area (Å²) in [5, 5.41) is 7.86. The molecule has 1 N–H and O–H groups in total. The van der Waals surface area contributed by atoms with Crippen molar-refractivity contribution in [3.05, 3.63) is 12.4 Å². The lowest BCUT2D eigenvalue weighted by molar-refractivity contribution is 0.183. The van der Waals surface area contributed by atoms with Crippen molar-refractivity contribution >= 4 is 5.69 Å². The summed E-state index contributed by atoms with van der Waals surface area (Å²) in [7, 11) is 1.71. The molecule has 5 heteroatoms. The predicted octanol–water partition coefficient (Wildman–Crippen LogP) is 0.718. The average Bonchev–Trinajstić information content (AvgIpc) is 2.69. The first kappa shape index (κ1) is 12.4. The summed E-state index contributed by atoms with van der Waals surface area (Å²) in [5.74, 6) is 0. The second-order valence-corrected chi connectivity index (χ2v) is 4.61. The lowest BCUT2D eigenvalue weighted by atomic mass is 10.3. The van der Waals surface area contributed by atoms with Gasteiger partial charge in [-0.3, -0.25) is 4.68 Å². The average molecular weight is 238 g/mol. The van der Waals surface area contributed by atoms with Crippen molar-refractivity contribution < 1.29 is 4.74 Å². The molecule has 1 aromatic heterocycles. The maximum atomic E-state index is 5.05. The van der Waals surface area contributed by atoms with Gasteiger partial charge in [-0.2, -0.15) is 5.10 Å². The zero-order chi connectivity index (χ0) is 12.1. The van der Waals surface area contributed by atoms with Gasteiger partial charge >= 0.3 is 0 Å². The van der Waals surface area contributed by atoms with E-state index in [9.17, 15) is 0 Å². The highest BCUT2D eigenvalue weighted by molar-refractivity contribution is 5.42. The quantitative estimate of drug-likeness (QED) is 0.839. The first-order valence-electron chi connectivity index (χ1n) is 6.29. The van der Waals surface area contributed by atoms with Crippen LogP contribution in [0.4, 0.5) is 5.69 Å². The fraction of sp³-hybridized carbons (Fsp3) is 0.750. The summed E-state index contributed by atoms with van der Waals surface area (Å²) in [6.45, 7) is 7.02. The van der Waals surface area contributed by atoms with Gasteiger partial charge in [0, 0.05) is 32.4 Å². The summed E-state index contributed by atoms with van der Waals surface area (Å²) in [4.78, 5) is 2.40. The maximum Gasteiger partial charge on any atom is 0.0753 e. The topological polar surface area (TPSA) is 42.3 Å². The van der Waals surface area contributed by atoms with E-state index in [-0.39, 0.29) is 0 Å². The van der Waals surface area contributed by atoms with Gasteiger partial charge in [-0.1, -0.05) is 0 Å². The fourth-order valence-electron chi connectivity index (χ4n) is 2.16. The number of nitrogens with one attached hydrogen (secondary N) is 1. The lowest BCUT2D eigenvalue weighted by Gasteiger charge is -2.22. The van der Waals surface area contributed by atoms with Crippen LogP contribution in [0.25, 0.3) is 0 Å². The molecular weight excluding hydrogens is 216 g/mol. The van der Waals surface area contributed by atoms with E-state index in [2.05, 4.69) is 28.4 Å². The standard InChI is InChI=1S/C12H22N4O/c1-11-9-15(5-3-4-13-11)12-8-14-16(10-12)6-7-17-2/h8,10-11,13H,3-7,9H2,1-2H3. The molecule has 1 unspecified atom stereocenters. The molecule has 0 spiro atoms. The molecule has 0 amide bonds. The molecule has 96 valence electrons. The van der Waals surface area contributed by atoms with E-state index in [0.29, 0.717) is 12.6 Å². The smallest absolute Gasteiger partial charge is 0.0753 e. The van der Waals surface area contributed by atoms with Crippen molar-refractivity contribution in [3.8, 4) is 0 Å². The molecule has 1 fully saturated rings. The number of hydrogen-bond acceptors (Lipinski definition) is 4. The zero-order valence-electron chi connectivity index (χ0n) is 10.7. The Kier molecular flexibility index (Phi) is 4.39. The molecular formula is C12H22N4O. The molecule has 1 saturated heterocycles. The molecule has 0 bridgehead atoms. The Morgan fingerprint density at radius 3 is 3.29 bits per heavy atom. The van der Waals surface area contributed by atoms with Gasteiger partial charge in [-0.05, 0) is 19.9 Å². The van der Waals surface area contributed by atoms with E-state index in [1.165, 1.54) is 12.1 Å². The number of rotatable bonds is 4. The van der Waals surface area contributed by atoms with E-state index >= 15 is 0 Å². The monoisotopic (exact) mass is 238 g/mol. The van der Waals surface area contributed by atoms with E-state index in [0.717, 1.165) is 26.2 Å². The second kappa shape index (κ2) is 6.02. The molecule has 17 heavy (non-hydrogen) atoms. The third-order valence-electron chi connectivity index (χ3n) is 3.10. The molecule has 1 aliphatic heterocycles. The van der Waals surface area contributed by atoms with Crippen LogP contribution in [0.1, 0.15) is 13.3 Å². The van der Waals surface area contributed by atoms with Crippen molar-refractivity contribution in [2.24, 2.45) is 0 Å². The van der Waals surface area contributed by atoms with Crippen LogP contribution in [0.15, 0.2) is 12.4 Å². The molecule has 0 radical (unpaired) electrons. The highest BCUT2D eigenvalue weighted by atomic mass is 16.5. The Morgan fingerprint density at radius 2 is 2.47 bits per heavy atom. The van der Waals surface area contributed by atoms with Crippen molar-refractivity contribution in [1.29, 1.82) is 0 Å². The number of aromatic nitrogens is 2. The van der Waals surface area contributed by atoms with Crippen molar-refractivity contribution in [3.63, 3.8) is 0 Å². The first-order chi connectivity index (χ1) is 8.29. The molecule has 0 aromatic carbocycles. The van der Waals surface area contributed by atoms with Crippen LogP contribution in [0.2, 0.25) is 0 Å². The summed E-state index contributed by atoms with van der Waals surface area (Å²) in [5.41, 5.74) is 1.22. The van der Waals surface area contributed by atoms with Gasteiger partial charge in [0.1, 0.15) is 0 Å². The third kappa shape index (κ3) is 3.44. The number of ether oxygens (including phenoxy) is 1. The minimum absolute atomic E-state index is 0.542. The highest BCUT2D eigenvalue weighted by Crippen LogP contribution is 2.15. The minimum atomic E-state index is 0.542. The number of methoxy groups -OCH3 is 1. The van der Waals surface area contributed by atoms with Gasteiger partial charge in [0.25, 0.3) is 0 Å². The van der Waals surface area contributed by atoms with E-state index < -0.39 is 0 Å². The van der Waals surface area contributed by atoms with Crippen LogP contribution in [0.5, 0.6) is 0 Å². The van der Waals surface area contributed by atoms with Crippen LogP contribution in [-0.4, -0.2) is 49.2 Å². The summed E-state index contributed by atoms with van der Waals surface area (Å²) in [6, 6.07) is 0.542. The Morgan fingerprint density at radius 1 is 1.59 bits per heavy atom. The molecule has 1 aliphatic rings. The Bertz CT molecular complexity index is 339. The van der Waals surface area contributed by atoms with E-state index in [4.69, 9.17) is 4.74 Å². The van der Waals surface area contributed by atoms with Crippen LogP contribution in [0, 0.1) is 0 Å². The molecule has 2 rings (SSSR count). The maximum absolute atomic E-state index is 5.05. The molecule has 5 nitrogen and oxygen atoms in total. The van der Waals surface area contributed by atoms with E-state index in [1.807, 2.05) is 10.9 Å². The normalized spacial score (nSPS) is 21.5. The number of anilines is 1. The molecule has 1 aromatic rings. The largest absolute Gasteiger partial charge is 0.383 e. The Hall–Kier alpha value is -1.07. The first-order valence-corrected chi connectivity index (χ1v) is 6.29. The number of nitrogens with zero attached hydrogens (tertiary/aromatic N) is 3. The number of hydrogen-bond donors (Lipinski definition) is 1. The van der Waals surface area contributed by atoms with Crippen LogP contribution < -0.4 is 10.2 Å². The van der Waals surface area contributed by atoms with Gasteiger partial charge in [0.2, 0.25) is 0 Å². The Balaban J connectivity index is 1.97. The fourth-order valence-corrected chi connectivity index (χ4v) is 2.16.